The second-order valence-electron chi connectivity index (χ2n) is 9.94. The van der Waals surface area contributed by atoms with E-state index in [1.807, 2.05) is 0 Å². The number of benzene rings is 2. The summed E-state index contributed by atoms with van der Waals surface area (Å²) in [7, 11) is 2.37. The van der Waals surface area contributed by atoms with Crippen LogP contribution in [0.2, 0.25) is 0 Å². The molecule has 0 saturated heterocycles. The van der Waals surface area contributed by atoms with Gasteiger partial charge in [0.25, 0.3) is 0 Å². The number of halogens is 4. The van der Waals surface area contributed by atoms with Crippen LogP contribution in [0, 0.1) is 5.82 Å². The number of unbranched alkanes of at least 4 members (excludes halogenated alkanes) is 1. The first kappa shape index (κ1) is 36.6. The molecular weight excluding hydrogens is 603 g/mol. The molecule has 0 aliphatic rings. The monoisotopic (exact) mass is 638 g/mol. The average molecular weight is 638 g/mol. The lowest BCUT2D eigenvalue weighted by Crippen LogP contribution is -2.46. The first-order chi connectivity index (χ1) is 21.3. The maximum absolute atomic E-state index is 13.0. The Hall–Kier alpha value is -4.63. The molecule has 16 heteroatoms. The Kier molecular flexibility index (Phi) is 14.8. The van der Waals surface area contributed by atoms with Gasteiger partial charge in [0.05, 0.1) is 25.8 Å². The van der Waals surface area contributed by atoms with Gasteiger partial charge in [0.1, 0.15) is 18.5 Å². The Balaban J connectivity index is 1.69. The van der Waals surface area contributed by atoms with Crippen LogP contribution < -0.4 is 16.0 Å². The van der Waals surface area contributed by atoms with Gasteiger partial charge in [0.2, 0.25) is 19.7 Å². The summed E-state index contributed by atoms with van der Waals surface area (Å²) in [6, 6.07) is 8.83. The molecule has 4 amide bonds. The largest absolute Gasteiger partial charge is 0.467 e. The molecular formula is C29H35BF4N4O7. The van der Waals surface area contributed by atoms with Gasteiger partial charge in [-0.3, -0.25) is 14.4 Å². The highest BCUT2D eigenvalue weighted by molar-refractivity contribution is 6.57. The fraction of sp³-hybridized carbons (Fsp3) is 0.414. The van der Waals surface area contributed by atoms with E-state index in [1.54, 1.807) is 12.1 Å². The van der Waals surface area contributed by atoms with E-state index in [4.69, 9.17) is 9.47 Å². The van der Waals surface area contributed by atoms with Crippen LogP contribution in [0.1, 0.15) is 36.0 Å². The summed E-state index contributed by atoms with van der Waals surface area (Å²) in [6.45, 7) is -0.550. The summed E-state index contributed by atoms with van der Waals surface area (Å²) in [4.78, 5) is 61.9. The van der Waals surface area contributed by atoms with Crippen molar-refractivity contribution in [3.63, 3.8) is 0 Å². The Morgan fingerprint density at radius 2 is 1.44 bits per heavy atom. The number of carbonyl (C=O) groups excluding carboxylic acids is 5. The molecule has 2 aromatic carbocycles. The number of alkyl carbamates (subject to hydrolysis) is 1. The van der Waals surface area contributed by atoms with Crippen LogP contribution in [-0.2, 0) is 43.1 Å². The van der Waals surface area contributed by atoms with E-state index >= 15 is 0 Å². The Morgan fingerprint density at radius 3 is 2.00 bits per heavy atom. The molecule has 0 fully saturated rings. The summed E-state index contributed by atoms with van der Waals surface area (Å²) in [5.74, 6) is -2.54. The normalized spacial score (nSPS) is 11.6. The maximum atomic E-state index is 13.0. The van der Waals surface area contributed by atoms with Crippen LogP contribution in [0.25, 0.3) is 0 Å². The van der Waals surface area contributed by atoms with E-state index < -0.39 is 47.5 Å². The van der Waals surface area contributed by atoms with Gasteiger partial charge in [-0.25, -0.2) is 14.0 Å². The number of alkyl halides is 3. The van der Waals surface area contributed by atoms with Gasteiger partial charge in [-0.2, -0.15) is 13.2 Å². The maximum Gasteiger partial charge on any atom is 0.416 e. The van der Waals surface area contributed by atoms with Gasteiger partial charge in [-0.1, -0.05) is 24.3 Å². The van der Waals surface area contributed by atoms with Crippen molar-refractivity contribution < 1.29 is 51.0 Å². The number of nitrogens with one attached hydrogen (secondary N) is 3. The highest BCUT2D eigenvalue weighted by atomic mass is 19.4. The third-order valence-electron chi connectivity index (χ3n) is 6.43. The van der Waals surface area contributed by atoms with Gasteiger partial charge in [0.15, 0.2) is 5.81 Å². The molecule has 0 bridgehead atoms. The molecule has 0 heterocycles. The molecule has 0 aromatic heterocycles. The zero-order valence-electron chi connectivity index (χ0n) is 24.9. The third kappa shape index (κ3) is 14.1. The van der Waals surface area contributed by atoms with Crippen LogP contribution in [-0.4, -0.2) is 81.8 Å². The molecule has 0 spiro atoms. The molecule has 11 nitrogen and oxygen atoms in total. The average Bonchev–Trinajstić information content (AvgIpc) is 2.99. The second-order valence-corrected chi connectivity index (χ2v) is 9.94. The summed E-state index contributed by atoms with van der Waals surface area (Å²) < 4.78 is 60.7. The number of hydrogen-bond acceptors (Lipinski definition) is 7. The molecule has 0 radical (unpaired) electrons. The van der Waals surface area contributed by atoms with E-state index in [2.05, 4.69) is 16.0 Å². The van der Waals surface area contributed by atoms with Crippen molar-refractivity contribution in [2.75, 3.05) is 33.3 Å². The lowest BCUT2D eigenvalue weighted by molar-refractivity contribution is -0.143. The minimum Gasteiger partial charge on any atom is -0.467 e. The van der Waals surface area contributed by atoms with Crippen molar-refractivity contribution in [3.05, 3.63) is 71.0 Å². The first-order valence-corrected chi connectivity index (χ1v) is 14.0. The topological polar surface area (TPSA) is 143 Å². The Labute approximate surface area is 258 Å². The summed E-state index contributed by atoms with van der Waals surface area (Å²) in [5.41, 5.74) is 0.298. The number of amides is 4. The van der Waals surface area contributed by atoms with Gasteiger partial charge in [0, 0.05) is 13.1 Å². The van der Waals surface area contributed by atoms with Crippen LogP contribution in [0.4, 0.5) is 27.2 Å². The summed E-state index contributed by atoms with van der Waals surface area (Å²) in [5, 5.41) is 7.63. The first-order valence-electron chi connectivity index (χ1n) is 14.0. The van der Waals surface area contributed by atoms with E-state index in [9.17, 15) is 41.5 Å². The highest BCUT2D eigenvalue weighted by Gasteiger charge is 2.30. The molecule has 2 aromatic rings. The zero-order chi connectivity index (χ0) is 33.4. The lowest BCUT2D eigenvalue weighted by atomic mass is 10.1. The van der Waals surface area contributed by atoms with Crippen molar-refractivity contribution in [3.8, 4) is 0 Å². The van der Waals surface area contributed by atoms with Crippen LogP contribution >= 0.6 is 0 Å². The van der Waals surface area contributed by atoms with Crippen LogP contribution in [0.15, 0.2) is 48.5 Å². The van der Waals surface area contributed by atoms with Crippen molar-refractivity contribution in [1.29, 1.82) is 0 Å². The van der Waals surface area contributed by atoms with Crippen LogP contribution in [0.3, 0.4) is 0 Å². The molecule has 0 saturated carbocycles. The van der Waals surface area contributed by atoms with E-state index in [0.717, 1.165) is 29.7 Å². The standard InChI is InChI=1S/C29H35BF4N4O7/c1-44-26(41)23(37-28(43)45-18-20-5-9-21(10-6-20)29(32,33)34)4-2-3-14-35-24(39)16-38(27(30)42)17-25(40)36-15-13-19-7-11-22(31)12-8-19/h5-12,23H,2-4,13-18,30H2,1H3,(H,35,39)(H,36,40)(H,37,43)/t23-/m0/s1. The van der Waals surface area contributed by atoms with Gasteiger partial charge < -0.3 is 30.3 Å². The van der Waals surface area contributed by atoms with Crippen molar-refractivity contribution in [2.24, 2.45) is 0 Å². The highest BCUT2D eigenvalue weighted by Crippen LogP contribution is 2.29. The molecule has 1 atom stereocenters. The van der Waals surface area contributed by atoms with Crippen molar-refractivity contribution >= 4 is 37.5 Å². The molecule has 2 rings (SSSR count). The second kappa shape index (κ2) is 18.2. The summed E-state index contributed by atoms with van der Waals surface area (Å²) >= 11 is 0. The van der Waals surface area contributed by atoms with E-state index in [1.165, 1.54) is 32.1 Å². The number of rotatable bonds is 16. The number of methoxy groups -OCH3 is 1. The number of ether oxygens (including phenoxy) is 2. The van der Waals surface area contributed by atoms with E-state index in [-0.39, 0.29) is 45.0 Å². The number of hydrogen-bond donors (Lipinski definition) is 3. The summed E-state index contributed by atoms with van der Waals surface area (Å²) in [6.07, 6.45) is -4.10. The molecule has 0 unspecified atom stereocenters. The fourth-order valence-corrected chi connectivity index (χ4v) is 3.95. The molecule has 244 valence electrons. The molecule has 45 heavy (non-hydrogen) atoms. The minimum atomic E-state index is -4.49. The van der Waals surface area contributed by atoms with Crippen LogP contribution in [0.5, 0.6) is 0 Å². The number of esters is 1. The van der Waals surface area contributed by atoms with Crippen molar-refractivity contribution in [1.82, 2.24) is 20.9 Å². The predicted octanol–water partition coefficient (Wildman–Crippen LogP) is 2.31. The van der Waals surface area contributed by atoms with Gasteiger partial charge >= 0.3 is 18.2 Å². The minimum absolute atomic E-state index is 0.135. The Bertz CT molecular complexity index is 1300. The SMILES string of the molecule is BC(=O)N(CC(=O)NCCCC[C@H](NC(=O)OCc1ccc(C(F)(F)F)cc1)C(=O)OC)CC(=O)NCCc1ccc(F)cc1. The molecule has 3 N–H and O–H groups in total. The van der Waals surface area contributed by atoms with Gasteiger partial charge in [-0.15, -0.1) is 0 Å². The van der Waals surface area contributed by atoms with E-state index in [0.29, 0.717) is 24.8 Å². The number of carbonyl (C=O) groups is 5. The molecule has 0 aliphatic carbocycles. The molecule has 0 aliphatic heterocycles. The van der Waals surface area contributed by atoms with Gasteiger partial charge in [-0.05, 0) is 61.1 Å². The quantitative estimate of drug-likeness (QED) is 0.111. The Morgan fingerprint density at radius 1 is 0.867 bits per heavy atom. The lowest BCUT2D eigenvalue weighted by Gasteiger charge is -2.20. The van der Waals surface area contributed by atoms with Crippen molar-refractivity contribution in [2.45, 2.75) is 44.5 Å². The third-order valence-corrected chi connectivity index (χ3v) is 6.43. The predicted molar refractivity (Wildman–Crippen MR) is 156 cm³/mol. The number of nitrogens with zero attached hydrogens (tertiary/aromatic N) is 1. The smallest absolute Gasteiger partial charge is 0.416 e. The zero-order valence-corrected chi connectivity index (χ0v) is 24.9. The fourth-order valence-electron chi connectivity index (χ4n) is 3.95.